The first-order chi connectivity index (χ1) is 9.17. The van der Waals surface area contributed by atoms with E-state index in [0.717, 1.165) is 5.56 Å². The summed E-state index contributed by atoms with van der Waals surface area (Å²) in [6, 6.07) is 9.73. The summed E-state index contributed by atoms with van der Waals surface area (Å²) in [6.45, 7) is 6.85. The number of halogens is 3. The zero-order valence-corrected chi connectivity index (χ0v) is 12.9. The molecule has 1 atom stereocenters. The van der Waals surface area contributed by atoms with E-state index in [2.05, 4.69) is 26.1 Å². The molecule has 0 bridgehead atoms. The SMILES string of the molecule is CC(C)(C)NCC(CCSC(F)(F)F)c1ccccc1. The molecule has 0 radical (unpaired) electrons. The monoisotopic (exact) mass is 305 g/mol. The number of hydrogen-bond donors (Lipinski definition) is 1. The van der Waals surface area contributed by atoms with Gasteiger partial charge < -0.3 is 5.32 Å². The van der Waals surface area contributed by atoms with Crippen LogP contribution in [0.4, 0.5) is 13.2 Å². The number of benzene rings is 1. The van der Waals surface area contributed by atoms with Gasteiger partial charge >= 0.3 is 5.51 Å². The Balaban J connectivity index is 2.60. The Kier molecular flexibility index (Phi) is 6.40. The standard InChI is InChI=1S/C15H22F3NS/c1-14(2,3)19-11-13(9-10-20-15(16,17)18)12-7-5-4-6-8-12/h4-8,13,19H,9-11H2,1-3H3. The predicted molar refractivity (Wildman–Crippen MR) is 80.1 cm³/mol. The van der Waals surface area contributed by atoms with Gasteiger partial charge in [0.25, 0.3) is 0 Å². The zero-order chi connectivity index (χ0) is 15.2. The smallest absolute Gasteiger partial charge is 0.311 e. The lowest BCUT2D eigenvalue weighted by atomic mass is 9.95. The molecule has 0 saturated heterocycles. The molecule has 1 rings (SSSR count). The van der Waals surface area contributed by atoms with Crippen LogP contribution in [0.15, 0.2) is 30.3 Å². The van der Waals surface area contributed by atoms with Crippen molar-refractivity contribution in [2.45, 2.75) is 44.2 Å². The van der Waals surface area contributed by atoms with Gasteiger partial charge in [0.15, 0.2) is 0 Å². The van der Waals surface area contributed by atoms with Crippen LogP contribution in [0.25, 0.3) is 0 Å². The van der Waals surface area contributed by atoms with E-state index in [1.54, 1.807) is 0 Å². The van der Waals surface area contributed by atoms with Crippen molar-refractivity contribution in [3.8, 4) is 0 Å². The molecule has 0 fully saturated rings. The average Bonchev–Trinajstić information content (AvgIpc) is 2.32. The van der Waals surface area contributed by atoms with Crippen LogP contribution in [0.5, 0.6) is 0 Å². The molecule has 0 aliphatic heterocycles. The minimum absolute atomic E-state index is 0.0375. The van der Waals surface area contributed by atoms with Crippen LogP contribution in [-0.4, -0.2) is 23.3 Å². The van der Waals surface area contributed by atoms with Gasteiger partial charge in [-0.3, -0.25) is 0 Å². The Morgan fingerprint density at radius 1 is 1.10 bits per heavy atom. The third-order valence-electron chi connectivity index (χ3n) is 2.88. The van der Waals surface area contributed by atoms with Gasteiger partial charge in [-0.25, -0.2) is 0 Å². The molecule has 114 valence electrons. The first kappa shape index (κ1) is 17.4. The van der Waals surface area contributed by atoms with Crippen molar-refractivity contribution in [3.05, 3.63) is 35.9 Å². The number of thioether (sulfide) groups is 1. The molecule has 1 N–H and O–H groups in total. The third kappa shape index (κ3) is 7.80. The number of rotatable bonds is 6. The third-order valence-corrected chi connectivity index (χ3v) is 3.65. The van der Waals surface area contributed by atoms with Crippen molar-refractivity contribution in [3.63, 3.8) is 0 Å². The van der Waals surface area contributed by atoms with Gasteiger partial charge in [-0.1, -0.05) is 42.1 Å². The van der Waals surface area contributed by atoms with Crippen molar-refractivity contribution >= 4 is 11.8 Å². The highest BCUT2D eigenvalue weighted by Gasteiger charge is 2.28. The minimum atomic E-state index is -4.14. The van der Waals surface area contributed by atoms with Gasteiger partial charge in [-0.2, -0.15) is 13.2 Å². The molecule has 0 aliphatic carbocycles. The fourth-order valence-corrected chi connectivity index (χ4v) is 2.49. The predicted octanol–water partition coefficient (Wildman–Crippen LogP) is 4.80. The minimum Gasteiger partial charge on any atom is -0.311 e. The molecular formula is C15H22F3NS. The maximum atomic E-state index is 12.2. The van der Waals surface area contributed by atoms with Gasteiger partial charge in [0, 0.05) is 17.8 Å². The molecule has 1 aromatic carbocycles. The summed E-state index contributed by atoms with van der Waals surface area (Å²) in [7, 11) is 0. The van der Waals surface area contributed by atoms with E-state index in [9.17, 15) is 13.2 Å². The Labute approximate surface area is 123 Å². The van der Waals surface area contributed by atoms with Gasteiger partial charge in [-0.15, -0.1) is 0 Å². The van der Waals surface area contributed by atoms with Crippen molar-refractivity contribution < 1.29 is 13.2 Å². The first-order valence-electron chi connectivity index (χ1n) is 6.68. The number of alkyl halides is 3. The average molecular weight is 305 g/mol. The summed E-state index contributed by atoms with van der Waals surface area (Å²) >= 11 is 0.0621. The molecule has 5 heteroatoms. The molecule has 0 aromatic heterocycles. The van der Waals surface area contributed by atoms with E-state index >= 15 is 0 Å². The summed E-state index contributed by atoms with van der Waals surface area (Å²) in [6.07, 6.45) is 0.511. The summed E-state index contributed by atoms with van der Waals surface area (Å²) in [4.78, 5) is 0. The van der Waals surface area contributed by atoms with Crippen LogP contribution in [-0.2, 0) is 0 Å². The highest BCUT2D eigenvalue weighted by molar-refractivity contribution is 8.00. The highest BCUT2D eigenvalue weighted by Crippen LogP contribution is 2.32. The van der Waals surface area contributed by atoms with Crippen molar-refractivity contribution in [1.29, 1.82) is 0 Å². The largest absolute Gasteiger partial charge is 0.441 e. The van der Waals surface area contributed by atoms with Crippen molar-refractivity contribution in [1.82, 2.24) is 5.32 Å². The number of hydrogen-bond acceptors (Lipinski definition) is 2. The summed E-state index contributed by atoms with van der Waals surface area (Å²) in [5, 5.41) is 3.38. The fraction of sp³-hybridized carbons (Fsp3) is 0.600. The Morgan fingerprint density at radius 3 is 2.20 bits per heavy atom. The topological polar surface area (TPSA) is 12.0 Å². The van der Waals surface area contributed by atoms with Crippen LogP contribution in [0.2, 0.25) is 0 Å². The Morgan fingerprint density at radius 2 is 1.70 bits per heavy atom. The first-order valence-corrected chi connectivity index (χ1v) is 7.66. The maximum Gasteiger partial charge on any atom is 0.441 e. The van der Waals surface area contributed by atoms with Gasteiger partial charge in [-0.05, 0) is 38.7 Å². The van der Waals surface area contributed by atoms with E-state index < -0.39 is 5.51 Å². The molecule has 1 unspecified atom stereocenters. The molecular weight excluding hydrogens is 283 g/mol. The van der Waals surface area contributed by atoms with E-state index in [0.29, 0.717) is 13.0 Å². The normalized spacial score (nSPS) is 14.3. The van der Waals surface area contributed by atoms with E-state index in [1.807, 2.05) is 30.3 Å². The number of nitrogens with one attached hydrogen (secondary N) is 1. The summed E-state index contributed by atoms with van der Waals surface area (Å²) in [5.74, 6) is 0.194. The fourth-order valence-electron chi connectivity index (χ4n) is 1.86. The van der Waals surface area contributed by atoms with Crippen LogP contribution in [0.1, 0.15) is 38.7 Å². The van der Waals surface area contributed by atoms with Gasteiger partial charge in [0.2, 0.25) is 0 Å². The van der Waals surface area contributed by atoms with Gasteiger partial charge in [0.05, 0.1) is 0 Å². The molecule has 0 spiro atoms. The zero-order valence-electron chi connectivity index (χ0n) is 12.1. The van der Waals surface area contributed by atoms with Crippen LogP contribution >= 0.6 is 11.8 Å². The maximum absolute atomic E-state index is 12.2. The molecule has 0 aliphatic rings. The quantitative estimate of drug-likeness (QED) is 0.810. The highest BCUT2D eigenvalue weighted by atomic mass is 32.2. The van der Waals surface area contributed by atoms with Crippen molar-refractivity contribution in [2.24, 2.45) is 0 Å². The summed E-state index contributed by atoms with van der Waals surface area (Å²) < 4.78 is 36.7. The lowest BCUT2D eigenvalue weighted by Gasteiger charge is -2.25. The molecule has 1 nitrogen and oxygen atoms in total. The Bertz CT molecular complexity index is 384. The molecule has 1 aromatic rings. The molecule has 20 heavy (non-hydrogen) atoms. The van der Waals surface area contributed by atoms with Crippen LogP contribution < -0.4 is 5.32 Å². The summed E-state index contributed by atoms with van der Waals surface area (Å²) in [5.41, 5.74) is -3.09. The van der Waals surface area contributed by atoms with E-state index in [-0.39, 0.29) is 29.0 Å². The van der Waals surface area contributed by atoms with E-state index in [1.165, 1.54) is 0 Å². The van der Waals surface area contributed by atoms with Crippen LogP contribution in [0, 0.1) is 0 Å². The van der Waals surface area contributed by atoms with E-state index in [4.69, 9.17) is 0 Å². The second kappa shape index (κ2) is 7.36. The molecule has 0 heterocycles. The Hall–Kier alpha value is -0.680. The van der Waals surface area contributed by atoms with Crippen LogP contribution in [0.3, 0.4) is 0 Å². The second-order valence-corrected chi connectivity index (χ2v) is 6.98. The lowest BCUT2D eigenvalue weighted by Crippen LogP contribution is -2.38. The second-order valence-electron chi connectivity index (χ2n) is 5.82. The van der Waals surface area contributed by atoms with Gasteiger partial charge in [0.1, 0.15) is 0 Å². The molecule has 0 amide bonds. The molecule has 0 saturated carbocycles. The lowest BCUT2D eigenvalue weighted by molar-refractivity contribution is -0.0328. The van der Waals surface area contributed by atoms with Crippen molar-refractivity contribution in [2.75, 3.05) is 12.3 Å².